The number of ether oxygens (including phenoxy) is 2. The lowest BCUT2D eigenvalue weighted by molar-refractivity contribution is 0.0364. The smallest absolute Gasteiger partial charge is 0.412 e. The molecule has 4 amide bonds. The second-order valence-electron chi connectivity index (χ2n) is 12.0. The predicted octanol–water partition coefficient (Wildman–Crippen LogP) is 5.30. The van der Waals surface area contributed by atoms with Crippen molar-refractivity contribution in [1.82, 2.24) is 20.1 Å². The monoisotopic (exact) mass is 634 g/mol. The van der Waals surface area contributed by atoms with Gasteiger partial charge >= 0.3 is 12.1 Å². The molecule has 3 N–H and O–H groups in total. The van der Waals surface area contributed by atoms with Crippen LogP contribution >= 0.6 is 0 Å². The van der Waals surface area contributed by atoms with Crippen molar-refractivity contribution in [2.24, 2.45) is 0 Å². The van der Waals surface area contributed by atoms with Gasteiger partial charge in [-0.2, -0.15) is 0 Å². The molecule has 2 aromatic carbocycles. The first-order valence-electron chi connectivity index (χ1n) is 15.5. The minimum absolute atomic E-state index is 0.170. The molecule has 0 bridgehead atoms. The number of hydrogen-bond donors (Lipinski definition) is 3. The summed E-state index contributed by atoms with van der Waals surface area (Å²) in [6.07, 6.45) is 2.08. The third kappa shape index (κ3) is 11.1. The van der Waals surface area contributed by atoms with Gasteiger partial charge in [0.15, 0.2) is 0 Å². The maximum absolute atomic E-state index is 14.0. The quantitative estimate of drug-likeness (QED) is 0.247. The van der Waals surface area contributed by atoms with Crippen LogP contribution in [-0.2, 0) is 22.4 Å². The second kappa shape index (κ2) is 16.7. The standard InChI is InChI=1S/C34H43FN6O5/c1-34(2,3)46-33(44)39-29-12-7-6-11-28(29)38-31(42)30-14-13-25(23-37-30)24-41(18-8-17-40-19-21-45-22-20-40)32(43)36-16-15-26-9-4-5-10-27(26)35/h4-7,9-14,23H,8,15-22,24H2,1-3H3,(H,36,43)(H,38,42)(H,39,44). The fourth-order valence-electron chi connectivity index (χ4n) is 4.85. The van der Waals surface area contributed by atoms with Gasteiger partial charge in [-0.25, -0.2) is 14.0 Å². The minimum Gasteiger partial charge on any atom is -0.444 e. The molecule has 46 heavy (non-hydrogen) atoms. The fraction of sp³-hybridized carbons (Fsp3) is 0.412. The predicted molar refractivity (Wildman–Crippen MR) is 174 cm³/mol. The number of urea groups is 1. The van der Waals surface area contributed by atoms with Crippen molar-refractivity contribution in [2.45, 2.75) is 45.8 Å². The Kier molecular flexibility index (Phi) is 12.4. The highest BCUT2D eigenvalue weighted by Gasteiger charge is 2.19. The molecule has 1 saturated heterocycles. The van der Waals surface area contributed by atoms with E-state index in [1.807, 2.05) is 0 Å². The van der Waals surface area contributed by atoms with Crippen molar-refractivity contribution < 1.29 is 28.2 Å². The lowest BCUT2D eigenvalue weighted by Gasteiger charge is -2.28. The summed E-state index contributed by atoms with van der Waals surface area (Å²) >= 11 is 0. The highest BCUT2D eigenvalue weighted by atomic mass is 19.1. The number of morpholine rings is 1. The number of pyridine rings is 1. The topological polar surface area (TPSA) is 125 Å². The van der Waals surface area contributed by atoms with Crippen LogP contribution < -0.4 is 16.0 Å². The Morgan fingerprint density at radius 2 is 1.67 bits per heavy atom. The lowest BCUT2D eigenvalue weighted by atomic mass is 10.1. The molecular weight excluding hydrogens is 591 g/mol. The van der Waals surface area contributed by atoms with Crippen molar-refractivity contribution in [1.29, 1.82) is 0 Å². The zero-order valence-electron chi connectivity index (χ0n) is 26.7. The van der Waals surface area contributed by atoms with E-state index in [9.17, 15) is 18.8 Å². The van der Waals surface area contributed by atoms with Crippen LogP contribution in [0.2, 0.25) is 0 Å². The van der Waals surface area contributed by atoms with E-state index < -0.39 is 17.6 Å². The molecule has 246 valence electrons. The summed E-state index contributed by atoms with van der Waals surface area (Å²) in [5.41, 5.74) is 1.57. The van der Waals surface area contributed by atoms with Gasteiger partial charge in [-0.05, 0) is 69.0 Å². The highest BCUT2D eigenvalue weighted by Crippen LogP contribution is 2.23. The Labute approximate surface area is 269 Å². The maximum atomic E-state index is 14.0. The van der Waals surface area contributed by atoms with Gasteiger partial charge in [0.1, 0.15) is 17.1 Å². The molecule has 1 aliphatic heterocycles. The van der Waals surface area contributed by atoms with Crippen LogP contribution in [0.5, 0.6) is 0 Å². The molecule has 1 aliphatic rings. The van der Waals surface area contributed by atoms with Crippen LogP contribution in [0.1, 0.15) is 48.8 Å². The summed E-state index contributed by atoms with van der Waals surface area (Å²) in [6.45, 7) is 10.4. The molecule has 0 aliphatic carbocycles. The molecule has 12 heteroatoms. The summed E-state index contributed by atoms with van der Waals surface area (Å²) in [5, 5.41) is 8.37. The number of nitrogens with zero attached hydrogens (tertiary/aromatic N) is 3. The normalized spacial score (nSPS) is 13.5. The summed E-state index contributed by atoms with van der Waals surface area (Å²) in [7, 11) is 0. The van der Waals surface area contributed by atoms with E-state index in [0.29, 0.717) is 49.7 Å². The van der Waals surface area contributed by atoms with Crippen LogP contribution in [0.25, 0.3) is 0 Å². The molecule has 1 fully saturated rings. The number of anilines is 2. The number of halogens is 1. The molecule has 11 nitrogen and oxygen atoms in total. The Morgan fingerprint density at radius 3 is 2.35 bits per heavy atom. The SMILES string of the molecule is CC(C)(C)OC(=O)Nc1ccccc1NC(=O)c1ccc(CN(CCCN2CCOCC2)C(=O)NCCc2ccccc2F)cn1. The average Bonchev–Trinajstić information content (AvgIpc) is 3.02. The van der Waals surface area contributed by atoms with Gasteiger partial charge in [0, 0.05) is 45.5 Å². The first-order valence-corrected chi connectivity index (χ1v) is 15.5. The summed E-state index contributed by atoms with van der Waals surface area (Å²) in [4.78, 5) is 46.9. The summed E-state index contributed by atoms with van der Waals surface area (Å²) in [5.74, 6) is -0.754. The van der Waals surface area contributed by atoms with E-state index in [2.05, 4.69) is 25.8 Å². The van der Waals surface area contributed by atoms with E-state index in [0.717, 1.165) is 31.6 Å². The highest BCUT2D eigenvalue weighted by molar-refractivity contribution is 6.05. The van der Waals surface area contributed by atoms with E-state index in [-0.39, 0.29) is 24.1 Å². The lowest BCUT2D eigenvalue weighted by Crippen LogP contribution is -2.42. The third-order valence-corrected chi connectivity index (χ3v) is 7.16. The Balaban J connectivity index is 1.36. The molecule has 0 saturated carbocycles. The van der Waals surface area contributed by atoms with E-state index >= 15 is 0 Å². The molecule has 4 rings (SSSR count). The number of para-hydroxylation sites is 2. The number of benzene rings is 2. The number of nitrogens with one attached hydrogen (secondary N) is 3. The largest absolute Gasteiger partial charge is 0.444 e. The fourth-order valence-corrected chi connectivity index (χ4v) is 4.85. The Morgan fingerprint density at radius 1 is 0.978 bits per heavy atom. The van der Waals surface area contributed by atoms with Gasteiger partial charge in [-0.3, -0.25) is 20.0 Å². The minimum atomic E-state index is -0.672. The molecule has 3 aromatic rings. The number of carbonyl (C=O) groups is 3. The molecule has 0 unspecified atom stereocenters. The summed E-state index contributed by atoms with van der Waals surface area (Å²) < 4.78 is 24.8. The Bertz CT molecular complexity index is 1460. The van der Waals surface area contributed by atoms with E-state index in [4.69, 9.17) is 9.47 Å². The van der Waals surface area contributed by atoms with Crippen LogP contribution in [0.3, 0.4) is 0 Å². The number of rotatable bonds is 12. The third-order valence-electron chi connectivity index (χ3n) is 7.16. The molecule has 0 radical (unpaired) electrons. The van der Waals surface area contributed by atoms with Crippen molar-refractivity contribution in [2.75, 3.05) is 56.6 Å². The van der Waals surface area contributed by atoms with Crippen molar-refractivity contribution in [3.8, 4) is 0 Å². The Hall–Kier alpha value is -4.55. The number of amides is 4. The molecule has 1 aromatic heterocycles. The van der Waals surface area contributed by atoms with Gasteiger partial charge in [0.25, 0.3) is 5.91 Å². The van der Waals surface area contributed by atoms with E-state index in [1.165, 1.54) is 6.07 Å². The van der Waals surface area contributed by atoms with Crippen LogP contribution in [0.4, 0.5) is 25.4 Å². The first kappa shape index (κ1) is 34.3. The van der Waals surface area contributed by atoms with Gasteiger partial charge < -0.3 is 25.0 Å². The van der Waals surface area contributed by atoms with Crippen LogP contribution in [0, 0.1) is 5.82 Å². The van der Waals surface area contributed by atoms with Crippen molar-refractivity contribution in [3.05, 3.63) is 89.5 Å². The van der Waals surface area contributed by atoms with Crippen molar-refractivity contribution >= 4 is 29.4 Å². The number of aromatic nitrogens is 1. The van der Waals surface area contributed by atoms with Crippen molar-refractivity contribution in [3.63, 3.8) is 0 Å². The first-order chi connectivity index (χ1) is 22.1. The zero-order valence-corrected chi connectivity index (χ0v) is 26.7. The van der Waals surface area contributed by atoms with Crippen LogP contribution in [0.15, 0.2) is 66.9 Å². The second-order valence-corrected chi connectivity index (χ2v) is 12.0. The number of hydrogen-bond acceptors (Lipinski definition) is 7. The molecule has 2 heterocycles. The van der Waals surface area contributed by atoms with Gasteiger partial charge in [-0.1, -0.05) is 36.4 Å². The maximum Gasteiger partial charge on any atom is 0.412 e. The van der Waals surface area contributed by atoms with Gasteiger partial charge in [-0.15, -0.1) is 0 Å². The molecule has 0 atom stereocenters. The zero-order chi connectivity index (χ0) is 32.9. The number of carbonyl (C=O) groups excluding carboxylic acids is 3. The van der Waals surface area contributed by atoms with E-state index in [1.54, 1.807) is 86.5 Å². The summed E-state index contributed by atoms with van der Waals surface area (Å²) in [6, 6.07) is 16.4. The molecule has 0 spiro atoms. The molecular formula is C34H43FN6O5. The van der Waals surface area contributed by atoms with Gasteiger partial charge in [0.2, 0.25) is 0 Å². The van der Waals surface area contributed by atoms with Crippen LogP contribution in [-0.4, -0.2) is 84.4 Å². The average molecular weight is 635 g/mol. The van der Waals surface area contributed by atoms with Gasteiger partial charge in [0.05, 0.1) is 24.6 Å².